The Morgan fingerprint density at radius 1 is 1.39 bits per heavy atom. The lowest BCUT2D eigenvalue weighted by atomic mass is 10.4. The van der Waals surface area contributed by atoms with Crippen LogP contribution in [0.25, 0.3) is 0 Å². The van der Waals surface area contributed by atoms with Crippen molar-refractivity contribution in [2.45, 2.75) is 19.3 Å². The minimum Gasteiger partial charge on any atom is -0.369 e. The van der Waals surface area contributed by atoms with Crippen molar-refractivity contribution in [3.8, 4) is 0 Å². The first-order valence-electron chi connectivity index (χ1n) is 6.46. The molecule has 0 radical (unpaired) electrons. The van der Waals surface area contributed by atoms with Gasteiger partial charge in [-0.3, -0.25) is 0 Å². The second-order valence-electron chi connectivity index (χ2n) is 4.47. The van der Waals surface area contributed by atoms with Crippen LogP contribution in [-0.4, -0.2) is 48.1 Å². The van der Waals surface area contributed by atoms with Gasteiger partial charge in [-0.1, -0.05) is 0 Å². The molecule has 1 aliphatic heterocycles. The summed E-state index contributed by atoms with van der Waals surface area (Å²) in [6, 6.07) is 0. The molecule has 1 aromatic heterocycles. The smallest absolute Gasteiger partial charge is 0.224 e. The number of nitrogens with one attached hydrogen (secondary N) is 2. The summed E-state index contributed by atoms with van der Waals surface area (Å²) in [4.78, 5) is 11.0. The van der Waals surface area contributed by atoms with E-state index in [0.717, 1.165) is 23.3 Å². The molecule has 1 fully saturated rings. The molecule has 18 heavy (non-hydrogen) atoms. The van der Waals surface area contributed by atoms with E-state index in [1.54, 1.807) is 6.20 Å². The van der Waals surface area contributed by atoms with E-state index in [0.29, 0.717) is 5.95 Å². The van der Waals surface area contributed by atoms with E-state index in [4.69, 9.17) is 0 Å². The molecule has 2 rings (SSSR count). The molecule has 0 aromatic carbocycles. The SMILES string of the molecule is CNc1ncc(Br)c(NCCCN2CCCC2)n1. The van der Waals surface area contributed by atoms with Crippen LogP contribution in [0.2, 0.25) is 0 Å². The van der Waals surface area contributed by atoms with E-state index in [-0.39, 0.29) is 0 Å². The van der Waals surface area contributed by atoms with Gasteiger partial charge in [-0.15, -0.1) is 0 Å². The topological polar surface area (TPSA) is 53.1 Å². The highest BCUT2D eigenvalue weighted by Gasteiger charge is 2.10. The molecular weight excluding hydrogens is 294 g/mol. The summed E-state index contributed by atoms with van der Waals surface area (Å²) in [7, 11) is 1.82. The zero-order valence-electron chi connectivity index (χ0n) is 10.7. The Hall–Kier alpha value is -0.880. The van der Waals surface area contributed by atoms with E-state index in [2.05, 4.69) is 41.4 Å². The Morgan fingerprint density at radius 2 is 2.17 bits per heavy atom. The lowest BCUT2D eigenvalue weighted by Gasteiger charge is -2.14. The summed E-state index contributed by atoms with van der Waals surface area (Å²) in [6.45, 7) is 4.64. The van der Waals surface area contributed by atoms with E-state index >= 15 is 0 Å². The van der Waals surface area contributed by atoms with Crippen molar-refractivity contribution >= 4 is 27.7 Å². The lowest BCUT2D eigenvalue weighted by molar-refractivity contribution is 0.337. The van der Waals surface area contributed by atoms with Gasteiger partial charge in [0.1, 0.15) is 5.82 Å². The van der Waals surface area contributed by atoms with Crippen molar-refractivity contribution in [2.24, 2.45) is 0 Å². The largest absolute Gasteiger partial charge is 0.369 e. The molecule has 0 amide bonds. The van der Waals surface area contributed by atoms with Gasteiger partial charge in [0.25, 0.3) is 0 Å². The van der Waals surface area contributed by atoms with Gasteiger partial charge < -0.3 is 15.5 Å². The number of nitrogens with zero attached hydrogens (tertiary/aromatic N) is 3. The van der Waals surface area contributed by atoms with Crippen molar-refractivity contribution in [3.05, 3.63) is 10.7 Å². The summed E-state index contributed by atoms with van der Waals surface area (Å²) >= 11 is 3.45. The minimum absolute atomic E-state index is 0.639. The monoisotopic (exact) mass is 313 g/mol. The molecule has 6 heteroatoms. The molecule has 0 bridgehead atoms. The molecule has 0 unspecified atom stereocenters. The van der Waals surface area contributed by atoms with Gasteiger partial charge in [0.15, 0.2) is 0 Å². The van der Waals surface area contributed by atoms with Gasteiger partial charge in [-0.05, 0) is 54.8 Å². The molecule has 0 atom stereocenters. The first-order chi connectivity index (χ1) is 8.79. The maximum absolute atomic E-state index is 4.37. The number of anilines is 2. The average molecular weight is 314 g/mol. The number of aromatic nitrogens is 2. The zero-order chi connectivity index (χ0) is 12.8. The Morgan fingerprint density at radius 3 is 2.89 bits per heavy atom. The summed E-state index contributed by atoms with van der Waals surface area (Å²) in [5.74, 6) is 1.50. The van der Waals surface area contributed by atoms with Crippen LogP contribution >= 0.6 is 15.9 Å². The molecule has 0 spiro atoms. The van der Waals surface area contributed by atoms with Crippen LogP contribution in [0.15, 0.2) is 10.7 Å². The average Bonchev–Trinajstić information content (AvgIpc) is 2.89. The Kier molecular flexibility index (Phi) is 5.19. The van der Waals surface area contributed by atoms with Crippen LogP contribution in [0.3, 0.4) is 0 Å². The Labute approximate surface area is 117 Å². The highest BCUT2D eigenvalue weighted by Crippen LogP contribution is 2.19. The van der Waals surface area contributed by atoms with Crippen LogP contribution in [-0.2, 0) is 0 Å². The van der Waals surface area contributed by atoms with Crippen LogP contribution in [0, 0.1) is 0 Å². The molecule has 0 saturated carbocycles. The van der Waals surface area contributed by atoms with Crippen LogP contribution in [0.5, 0.6) is 0 Å². The minimum atomic E-state index is 0.639. The second-order valence-corrected chi connectivity index (χ2v) is 5.32. The van der Waals surface area contributed by atoms with Gasteiger partial charge >= 0.3 is 0 Å². The van der Waals surface area contributed by atoms with Gasteiger partial charge in [-0.2, -0.15) is 4.98 Å². The van der Waals surface area contributed by atoms with E-state index in [1.807, 2.05) is 7.05 Å². The van der Waals surface area contributed by atoms with Crippen molar-refractivity contribution in [1.82, 2.24) is 14.9 Å². The summed E-state index contributed by atoms with van der Waals surface area (Å²) in [6.07, 6.45) is 5.62. The Bertz CT molecular complexity index is 379. The molecule has 1 saturated heterocycles. The van der Waals surface area contributed by atoms with Crippen molar-refractivity contribution in [2.75, 3.05) is 43.9 Å². The van der Waals surface area contributed by atoms with E-state index in [1.165, 1.54) is 32.5 Å². The number of hydrogen-bond acceptors (Lipinski definition) is 5. The third kappa shape index (κ3) is 3.81. The van der Waals surface area contributed by atoms with Gasteiger partial charge in [-0.25, -0.2) is 4.98 Å². The molecule has 1 aliphatic rings. The van der Waals surface area contributed by atoms with Crippen molar-refractivity contribution in [3.63, 3.8) is 0 Å². The van der Waals surface area contributed by atoms with Crippen LogP contribution in [0.1, 0.15) is 19.3 Å². The molecule has 2 N–H and O–H groups in total. The highest BCUT2D eigenvalue weighted by molar-refractivity contribution is 9.10. The fraction of sp³-hybridized carbons (Fsp3) is 0.667. The molecular formula is C12H20BrN5. The van der Waals surface area contributed by atoms with Gasteiger partial charge in [0.2, 0.25) is 5.95 Å². The fourth-order valence-electron chi connectivity index (χ4n) is 2.13. The Balaban J connectivity index is 1.75. The third-order valence-electron chi connectivity index (χ3n) is 3.11. The normalized spacial score (nSPS) is 15.9. The lowest BCUT2D eigenvalue weighted by Crippen LogP contribution is -2.22. The highest BCUT2D eigenvalue weighted by atomic mass is 79.9. The van der Waals surface area contributed by atoms with E-state index < -0.39 is 0 Å². The third-order valence-corrected chi connectivity index (χ3v) is 3.69. The predicted molar refractivity (Wildman–Crippen MR) is 78.1 cm³/mol. The number of halogens is 1. The van der Waals surface area contributed by atoms with E-state index in [9.17, 15) is 0 Å². The second kappa shape index (κ2) is 6.89. The standard InChI is InChI=1S/C12H20BrN5/c1-14-12-16-9-10(13)11(17-12)15-5-4-8-18-6-2-3-7-18/h9H,2-8H2,1H3,(H2,14,15,16,17). The van der Waals surface area contributed by atoms with Crippen molar-refractivity contribution in [1.29, 1.82) is 0 Å². The zero-order valence-corrected chi connectivity index (χ0v) is 12.3. The molecule has 0 aliphatic carbocycles. The molecule has 2 heterocycles. The predicted octanol–water partition coefficient (Wildman–Crippen LogP) is 2.18. The van der Waals surface area contributed by atoms with Crippen LogP contribution in [0.4, 0.5) is 11.8 Å². The summed E-state index contributed by atoms with van der Waals surface area (Å²) in [5, 5.41) is 6.29. The quantitative estimate of drug-likeness (QED) is 0.788. The molecule has 5 nitrogen and oxygen atoms in total. The number of rotatable bonds is 6. The first-order valence-corrected chi connectivity index (χ1v) is 7.25. The fourth-order valence-corrected chi connectivity index (χ4v) is 2.46. The maximum atomic E-state index is 4.37. The number of hydrogen-bond donors (Lipinski definition) is 2. The first kappa shape index (κ1) is 13.5. The molecule has 1 aromatic rings. The number of likely N-dealkylation sites (tertiary alicyclic amines) is 1. The summed E-state index contributed by atoms with van der Waals surface area (Å²) < 4.78 is 0.905. The van der Waals surface area contributed by atoms with Gasteiger partial charge in [0, 0.05) is 19.8 Å². The van der Waals surface area contributed by atoms with Crippen molar-refractivity contribution < 1.29 is 0 Å². The maximum Gasteiger partial charge on any atom is 0.224 e. The van der Waals surface area contributed by atoms with Crippen LogP contribution < -0.4 is 10.6 Å². The van der Waals surface area contributed by atoms with Gasteiger partial charge in [0.05, 0.1) is 4.47 Å². The summed E-state index contributed by atoms with van der Waals surface area (Å²) in [5.41, 5.74) is 0. The molecule has 100 valence electrons.